The molecule has 0 spiro atoms. The van der Waals surface area contributed by atoms with Gasteiger partial charge in [0.2, 0.25) is 0 Å². The van der Waals surface area contributed by atoms with E-state index in [2.05, 4.69) is 53.5 Å². The summed E-state index contributed by atoms with van der Waals surface area (Å²) in [7, 11) is 0. The van der Waals surface area contributed by atoms with E-state index in [9.17, 15) is 4.79 Å². The van der Waals surface area contributed by atoms with E-state index >= 15 is 0 Å². The van der Waals surface area contributed by atoms with Crippen molar-refractivity contribution in [2.75, 3.05) is 5.32 Å². The van der Waals surface area contributed by atoms with Crippen LogP contribution in [0.5, 0.6) is 0 Å². The predicted octanol–water partition coefficient (Wildman–Crippen LogP) is 4.71. The molecule has 0 fully saturated rings. The number of carbonyl (C=O) groups is 1. The zero-order chi connectivity index (χ0) is 18.0. The van der Waals surface area contributed by atoms with Crippen molar-refractivity contribution in [3.8, 4) is 11.3 Å². The Morgan fingerprint density at radius 3 is 2.60 bits per heavy atom. The number of hydrogen-bond acceptors (Lipinski definition) is 4. The van der Waals surface area contributed by atoms with Crippen LogP contribution >= 0.6 is 11.3 Å². The van der Waals surface area contributed by atoms with Crippen LogP contribution in [0.3, 0.4) is 0 Å². The van der Waals surface area contributed by atoms with Crippen molar-refractivity contribution in [1.82, 2.24) is 14.8 Å². The van der Waals surface area contributed by atoms with Crippen LogP contribution in [-0.4, -0.2) is 20.7 Å². The van der Waals surface area contributed by atoms with E-state index in [-0.39, 0.29) is 5.91 Å². The third-order valence-corrected chi connectivity index (χ3v) is 4.87. The molecule has 6 heteroatoms. The lowest BCUT2D eigenvalue weighted by Crippen LogP contribution is -2.13. The maximum Gasteiger partial charge on any atom is 0.277 e. The van der Waals surface area contributed by atoms with Crippen LogP contribution in [-0.2, 0) is 6.54 Å². The molecule has 25 heavy (non-hydrogen) atoms. The summed E-state index contributed by atoms with van der Waals surface area (Å²) in [6.07, 6.45) is 0. The van der Waals surface area contributed by atoms with Gasteiger partial charge in [0.25, 0.3) is 5.91 Å². The first-order valence-electron chi connectivity index (χ1n) is 8.39. The van der Waals surface area contributed by atoms with Crippen LogP contribution in [0, 0.1) is 6.92 Å². The average molecular weight is 354 g/mol. The van der Waals surface area contributed by atoms with Gasteiger partial charge in [-0.15, -0.1) is 11.3 Å². The fourth-order valence-electron chi connectivity index (χ4n) is 2.60. The standard InChI is InChI=1S/C19H22N4OS/c1-5-23-13(4)10-16(22-23)18(24)21-19-20-17(11-25-19)15-8-6-14(7-9-15)12(2)3/h6-12H,5H2,1-4H3,(H,20,21,24). The second kappa shape index (κ2) is 7.19. The number of nitrogens with one attached hydrogen (secondary N) is 1. The van der Waals surface area contributed by atoms with Crippen LogP contribution in [0.15, 0.2) is 35.7 Å². The molecule has 2 aromatic heterocycles. The van der Waals surface area contributed by atoms with Gasteiger partial charge in [0.15, 0.2) is 10.8 Å². The molecular formula is C19H22N4OS. The van der Waals surface area contributed by atoms with Gasteiger partial charge >= 0.3 is 0 Å². The Morgan fingerprint density at radius 1 is 1.28 bits per heavy atom. The van der Waals surface area contributed by atoms with Crippen molar-refractivity contribution in [2.24, 2.45) is 0 Å². The second-order valence-corrected chi connectivity index (χ2v) is 7.11. The van der Waals surface area contributed by atoms with E-state index in [4.69, 9.17) is 0 Å². The zero-order valence-electron chi connectivity index (χ0n) is 14.9. The van der Waals surface area contributed by atoms with Gasteiger partial charge in [0.1, 0.15) is 0 Å². The highest BCUT2D eigenvalue weighted by Crippen LogP contribution is 2.26. The molecule has 0 atom stereocenters. The van der Waals surface area contributed by atoms with E-state index in [1.807, 2.05) is 19.2 Å². The third kappa shape index (κ3) is 3.79. The van der Waals surface area contributed by atoms with Crippen LogP contribution < -0.4 is 5.32 Å². The largest absolute Gasteiger partial charge is 0.296 e. The predicted molar refractivity (Wildman–Crippen MR) is 102 cm³/mol. The molecule has 5 nitrogen and oxygen atoms in total. The van der Waals surface area contributed by atoms with Crippen molar-refractivity contribution in [3.05, 3.63) is 52.7 Å². The maximum atomic E-state index is 12.3. The highest BCUT2D eigenvalue weighted by molar-refractivity contribution is 7.14. The van der Waals surface area contributed by atoms with Gasteiger partial charge in [-0.2, -0.15) is 5.10 Å². The number of amides is 1. The van der Waals surface area contributed by atoms with E-state index in [1.54, 1.807) is 10.7 Å². The summed E-state index contributed by atoms with van der Waals surface area (Å²) >= 11 is 1.42. The third-order valence-electron chi connectivity index (χ3n) is 4.11. The van der Waals surface area contributed by atoms with E-state index in [1.165, 1.54) is 16.9 Å². The molecule has 0 bridgehead atoms. The zero-order valence-corrected chi connectivity index (χ0v) is 15.7. The monoisotopic (exact) mass is 354 g/mol. The van der Waals surface area contributed by atoms with Crippen molar-refractivity contribution in [3.63, 3.8) is 0 Å². The van der Waals surface area contributed by atoms with Crippen molar-refractivity contribution in [2.45, 2.75) is 40.2 Å². The Morgan fingerprint density at radius 2 is 2.00 bits per heavy atom. The first kappa shape index (κ1) is 17.4. The minimum atomic E-state index is -0.230. The van der Waals surface area contributed by atoms with Gasteiger partial charge in [-0.1, -0.05) is 38.1 Å². The van der Waals surface area contributed by atoms with Gasteiger partial charge in [-0.25, -0.2) is 4.98 Å². The Balaban J connectivity index is 1.73. The van der Waals surface area contributed by atoms with Gasteiger partial charge < -0.3 is 0 Å². The number of thiazole rings is 1. The smallest absolute Gasteiger partial charge is 0.277 e. The minimum absolute atomic E-state index is 0.230. The van der Waals surface area contributed by atoms with E-state index in [0.29, 0.717) is 16.7 Å². The topological polar surface area (TPSA) is 59.8 Å². The van der Waals surface area contributed by atoms with Gasteiger partial charge in [-0.3, -0.25) is 14.8 Å². The molecule has 0 saturated carbocycles. The highest BCUT2D eigenvalue weighted by atomic mass is 32.1. The summed E-state index contributed by atoms with van der Waals surface area (Å²) in [5.41, 5.74) is 4.60. The lowest BCUT2D eigenvalue weighted by atomic mass is 10.0. The Labute approximate surface area is 151 Å². The SMILES string of the molecule is CCn1nc(C(=O)Nc2nc(-c3ccc(C(C)C)cc3)cs2)cc1C. The fraction of sp³-hybridized carbons (Fsp3) is 0.316. The van der Waals surface area contributed by atoms with Crippen LogP contribution in [0.4, 0.5) is 5.13 Å². The number of rotatable bonds is 5. The quantitative estimate of drug-likeness (QED) is 0.722. The number of carbonyl (C=O) groups excluding carboxylic acids is 1. The molecule has 1 amide bonds. The summed E-state index contributed by atoms with van der Waals surface area (Å²) in [5.74, 6) is 0.275. The average Bonchev–Trinajstić information content (AvgIpc) is 3.21. The van der Waals surface area contributed by atoms with Gasteiger partial charge in [-0.05, 0) is 31.4 Å². The molecule has 0 radical (unpaired) electrons. The van der Waals surface area contributed by atoms with Gasteiger partial charge in [0, 0.05) is 23.2 Å². The number of aryl methyl sites for hydroxylation is 2. The fourth-order valence-corrected chi connectivity index (χ4v) is 3.32. The Bertz CT molecular complexity index is 877. The summed E-state index contributed by atoms with van der Waals surface area (Å²) in [4.78, 5) is 16.9. The molecule has 0 aliphatic heterocycles. The Hall–Kier alpha value is -2.47. The summed E-state index contributed by atoms with van der Waals surface area (Å²) in [5, 5.41) is 9.67. The summed E-state index contributed by atoms with van der Waals surface area (Å²) < 4.78 is 1.80. The van der Waals surface area contributed by atoms with Gasteiger partial charge in [0.05, 0.1) is 5.69 Å². The van der Waals surface area contributed by atoms with E-state index < -0.39 is 0 Å². The molecule has 2 heterocycles. The molecule has 0 aliphatic carbocycles. The minimum Gasteiger partial charge on any atom is -0.296 e. The molecule has 0 saturated heterocycles. The molecule has 1 aromatic carbocycles. The summed E-state index contributed by atoms with van der Waals surface area (Å²) in [6, 6.07) is 10.2. The maximum absolute atomic E-state index is 12.3. The number of benzene rings is 1. The first-order chi connectivity index (χ1) is 12.0. The Kier molecular flexibility index (Phi) is 4.99. The number of anilines is 1. The highest BCUT2D eigenvalue weighted by Gasteiger charge is 2.14. The first-order valence-corrected chi connectivity index (χ1v) is 9.27. The molecule has 3 aromatic rings. The molecule has 1 N–H and O–H groups in total. The number of nitrogens with zero attached hydrogens (tertiary/aromatic N) is 3. The van der Waals surface area contributed by atoms with Crippen molar-refractivity contribution < 1.29 is 4.79 Å². The lowest BCUT2D eigenvalue weighted by molar-refractivity contribution is 0.102. The lowest BCUT2D eigenvalue weighted by Gasteiger charge is -2.05. The van der Waals surface area contributed by atoms with Crippen LogP contribution in [0.2, 0.25) is 0 Å². The number of hydrogen-bond donors (Lipinski definition) is 1. The van der Waals surface area contributed by atoms with Crippen molar-refractivity contribution >= 4 is 22.4 Å². The molecular weight excluding hydrogens is 332 g/mol. The van der Waals surface area contributed by atoms with Crippen LogP contribution in [0.1, 0.15) is 48.4 Å². The molecule has 3 rings (SSSR count). The van der Waals surface area contributed by atoms with Crippen LogP contribution in [0.25, 0.3) is 11.3 Å². The molecule has 0 unspecified atom stereocenters. The summed E-state index contributed by atoms with van der Waals surface area (Å²) in [6.45, 7) is 9.03. The number of aromatic nitrogens is 3. The van der Waals surface area contributed by atoms with Crippen molar-refractivity contribution in [1.29, 1.82) is 0 Å². The molecule has 130 valence electrons. The molecule has 0 aliphatic rings. The second-order valence-electron chi connectivity index (χ2n) is 6.26. The normalized spacial score (nSPS) is 11.1. The van der Waals surface area contributed by atoms with E-state index in [0.717, 1.165) is 23.5 Å².